The molecule has 0 atom stereocenters. The lowest BCUT2D eigenvalue weighted by atomic mass is 10.1. The first kappa shape index (κ1) is 18.9. The largest absolute Gasteiger partial charge is 0.497 e. The number of methoxy groups -OCH3 is 2. The molecule has 136 valence electrons. The number of ether oxygens (including phenoxy) is 2. The molecule has 0 bridgehead atoms. The number of nitrogens with one attached hydrogen (secondary N) is 2. The Morgan fingerprint density at radius 1 is 0.880 bits per heavy atom. The first-order valence-corrected chi connectivity index (χ1v) is 9.26. The van der Waals surface area contributed by atoms with Crippen LogP contribution in [0.5, 0.6) is 11.5 Å². The summed E-state index contributed by atoms with van der Waals surface area (Å²) in [4.78, 5) is 0.0197. The van der Waals surface area contributed by atoms with E-state index in [0.717, 1.165) is 5.69 Å². The molecule has 7 heteroatoms. The molecule has 0 aliphatic carbocycles. The van der Waals surface area contributed by atoms with Gasteiger partial charge in [0.2, 0.25) is 0 Å². The van der Waals surface area contributed by atoms with Crippen LogP contribution in [0.3, 0.4) is 0 Å². The van der Waals surface area contributed by atoms with Gasteiger partial charge in [-0.05, 0) is 57.2 Å². The van der Waals surface area contributed by atoms with Crippen LogP contribution in [0.4, 0.5) is 11.4 Å². The van der Waals surface area contributed by atoms with Crippen LogP contribution in [0.1, 0.15) is 20.8 Å². The summed E-state index contributed by atoms with van der Waals surface area (Å²) in [6.45, 7) is 6.16. The molecule has 2 N–H and O–H groups in total. The van der Waals surface area contributed by atoms with E-state index in [4.69, 9.17) is 9.47 Å². The van der Waals surface area contributed by atoms with Crippen LogP contribution < -0.4 is 19.5 Å². The molecule has 6 nitrogen and oxygen atoms in total. The molecule has 0 saturated heterocycles. The van der Waals surface area contributed by atoms with Gasteiger partial charge in [-0.2, -0.15) is 0 Å². The van der Waals surface area contributed by atoms with Gasteiger partial charge in [-0.25, -0.2) is 8.42 Å². The molecule has 0 saturated carbocycles. The van der Waals surface area contributed by atoms with Gasteiger partial charge in [-0.1, -0.05) is 0 Å². The molecule has 2 aromatic carbocycles. The third-order valence-electron chi connectivity index (χ3n) is 3.32. The number of hydrogen-bond donors (Lipinski definition) is 2. The lowest BCUT2D eigenvalue weighted by Gasteiger charge is -2.22. The van der Waals surface area contributed by atoms with Gasteiger partial charge in [-0.15, -0.1) is 0 Å². The third-order valence-corrected chi connectivity index (χ3v) is 4.72. The van der Waals surface area contributed by atoms with Crippen LogP contribution in [0.15, 0.2) is 47.4 Å². The molecular weight excluding hydrogens is 340 g/mol. The van der Waals surface area contributed by atoms with E-state index < -0.39 is 10.0 Å². The Balaban J connectivity index is 2.27. The Morgan fingerprint density at radius 2 is 1.48 bits per heavy atom. The van der Waals surface area contributed by atoms with Gasteiger partial charge in [0.05, 0.1) is 14.2 Å². The van der Waals surface area contributed by atoms with Gasteiger partial charge in [0.1, 0.15) is 16.4 Å². The molecule has 0 unspecified atom stereocenters. The highest BCUT2D eigenvalue weighted by Crippen LogP contribution is 2.30. The lowest BCUT2D eigenvalue weighted by Crippen LogP contribution is -2.25. The van der Waals surface area contributed by atoms with Crippen molar-refractivity contribution in [3.63, 3.8) is 0 Å². The molecule has 0 spiro atoms. The maximum absolute atomic E-state index is 12.7. The van der Waals surface area contributed by atoms with Gasteiger partial charge >= 0.3 is 0 Å². The summed E-state index contributed by atoms with van der Waals surface area (Å²) in [6, 6.07) is 11.7. The SMILES string of the molecule is COc1ccc(OC)c(S(=O)(=O)Nc2ccc(NC(C)(C)C)cc2)c1. The fourth-order valence-electron chi connectivity index (χ4n) is 2.26. The zero-order chi connectivity index (χ0) is 18.7. The summed E-state index contributed by atoms with van der Waals surface area (Å²) in [5.41, 5.74) is 1.30. The standard InChI is InChI=1S/C18H24N2O4S/c1-18(2,3)19-13-6-8-14(9-7-13)20-25(21,22)17-12-15(23-4)10-11-16(17)24-5/h6-12,19-20H,1-5H3. The quantitative estimate of drug-likeness (QED) is 0.817. The molecule has 2 aromatic rings. The van der Waals surface area contributed by atoms with Crippen molar-refractivity contribution >= 4 is 21.4 Å². The maximum atomic E-state index is 12.7. The van der Waals surface area contributed by atoms with Crippen molar-refractivity contribution < 1.29 is 17.9 Å². The summed E-state index contributed by atoms with van der Waals surface area (Å²) < 4.78 is 38.2. The van der Waals surface area contributed by atoms with Gasteiger partial charge in [-0.3, -0.25) is 4.72 Å². The number of hydrogen-bond acceptors (Lipinski definition) is 5. The second kappa shape index (κ2) is 7.23. The van der Waals surface area contributed by atoms with Crippen LogP contribution in [-0.4, -0.2) is 28.2 Å². The fourth-order valence-corrected chi connectivity index (χ4v) is 3.50. The highest BCUT2D eigenvalue weighted by Gasteiger charge is 2.21. The molecule has 2 rings (SSSR count). The Kier molecular flexibility index (Phi) is 5.47. The van der Waals surface area contributed by atoms with Gasteiger partial charge < -0.3 is 14.8 Å². The first-order chi connectivity index (χ1) is 11.6. The van der Waals surface area contributed by atoms with Gasteiger partial charge in [0.15, 0.2) is 0 Å². The van der Waals surface area contributed by atoms with E-state index in [1.807, 2.05) is 12.1 Å². The number of sulfonamides is 1. The zero-order valence-electron chi connectivity index (χ0n) is 15.1. The van der Waals surface area contributed by atoms with Crippen LogP contribution in [0, 0.1) is 0 Å². The van der Waals surface area contributed by atoms with Crippen LogP contribution in [0.2, 0.25) is 0 Å². The number of rotatable bonds is 6. The van der Waals surface area contributed by atoms with Crippen molar-refractivity contribution in [1.82, 2.24) is 0 Å². The first-order valence-electron chi connectivity index (χ1n) is 7.78. The second-order valence-corrected chi connectivity index (χ2v) is 8.23. The fraction of sp³-hybridized carbons (Fsp3) is 0.333. The summed E-state index contributed by atoms with van der Waals surface area (Å²) in [5, 5.41) is 3.32. The van der Waals surface area contributed by atoms with E-state index in [2.05, 4.69) is 30.8 Å². The van der Waals surface area contributed by atoms with Crippen molar-refractivity contribution in [2.24, 2.45) is 0 Å². The summed E-state index contributed by atoms with van der Waals surface area (Å²) in [7, 11) is -0.909. The Labute approximate surface area is 149 Å². The van der Waals surface area contributed by atoms with E-state index in [1.54, 1.807) is 24.3 Å². The maximum Gasteiger partial charge on any atom is 0.265 e. The van der Waals surface area contributed by atoms with E-state index in [1.165, 1.54) is 20.3 Å². The normalized spacial score (nSPS) is 11.7. The van der Waals surface area contributed by atoms with Crippen molar-refractivity contribution in [3.05, 3.63) is 42.5 Å². The van der Waals surface area contributed by atoms with E-state index in [9.17, 15) is 8.42 Å². The number of benzene rings is 2. The summed E-state index contributed by atoms with van der Waals surface area (Å²) in [6.07, 6.45) is 0. The van der Waals surface area contributed by atoms with Crippen molar-refractivity contribution in [2.75, 3.05) is 24.3 Å². The van der Waals surface area contributed by atoms with Crippen LogP contribution >= 0.6 is 0 Å². The summed E-state index contributed by atoms with van der Waals surface area (Å²) >= 11 is 0. The molecule has 0 aliphatic heterocycles. The van der Waals surface area contributed by atoms with Gasteiger partial charge in [0.25, 0.3) is 10.0 Å². The Hall–Kier alpha value is -2.41. The monoisotopic (exact) mass is 364 g/mol. The smallest absolute Gasteiger partial charge is 0.265 e. The van der Waals surface area contributed by atoms with Crippen molar-refractivity contribution in [3.8, 4) is 11.5 Å². The lowest BCUT2D eigenvalue weighted by molar-refractivity contribution is 0.392. The van der Waals surface area contributed by atoms with Crippen molar-refractivity contribution in [2.45, 2.75) is 31.2 Å². The minimum Gasteiger partial charge on any atom is -0.497 e. The molecule has 0 radical (unpaired) electrons. The topological polar surface area (TPSA) is 76.7 Å². The molecule has 0 aromatic heterocycles. The molecule has 0 aliphatic rings. The molecule has 25 heavy (non-hydrogen) atoms. The number of anilines is 2. The minimum atomic E-state index is -3.81. The van der Waals surface area contributed by atoms with Crippen LogP contribution in [0.25, 0.3) is 0 Å². The predicted octanol–water partition coefficient (Wildman–Crippen LogP) is 3.72. The Bertz CT molecular complexity index is 825. The van der Waals surface area contributed by atoms with E-state index >= 15 is 0 Å². The van der Waals surface area contributed by atoms with E-state index in [-0.39, 0.29) is 16.2 Å². The minimum absolute atomic E-state index is 0.0197. The Morgan fingerprint density at radius 3 is 2.00 bits per heavy atom. The highest BCUT2D eigenvalue weighted by atomic mass is 32.2. The second-order valence-electron chi connectivity index (χ2n) is 6.57. The average molecular weight is 364 g/mol. The summed E-state index contributed by atoms with van der Waals surface area (Å²) in [5.74, 6) is 0.685. The van der Waals surface area contributed by atoms with Crippen LogP contribution in [-0.2, 0) is 10.0 Å². The molecule has 0 heterocycles. The van der Waals surface area contributed by atoms with Gasteiger partial charge in [0, 0.05) is 23.0 Å². The van der Waals surface area contributed by atoms with E-state index in [0.29, 0.717) is 11.4 Å². The molecule has 0 amide bonds. The highest BCUT2D eigenvalue weighted by molar-refractivity contribution is 7.92. The zero-order valence-corrected chi connectivity index (χ0v) is 15.9. The predicted molar refractivity (Wildman–Crippen MR) is 100 cm³/mol. The van der Waals surface area contributed by atoms with Crippen molar-refractivity contribution in [1.29, 1.82) is 0 Å². The molecular formula is C18H24N2O4S. The third kappa shape index (κ3) is 5.03. The average Bonchev–Trinajstić information content (AvgIpc) is 2.54. The molecule has 0 fully saturated rings.